The maximum Gasteiger partial charge on any atom is 0.0372 e. The van der Waals surface area contributed by atoms with Gasteiger partial charge in [-0.15, -0.1) is 0 Å². The van der Waals surface area contributed by atoms with Gasteiger partial charge in [0.15, 0.2) is 0 Å². The first-order chi connectivity index (χ1) is 6.98. The van der Waals surface area contributed by atoms with Gasteiger partial charge in [-0.3, -0.25) is 0 Å². The van der Waals surface area contributed by atoms with E-state index in [0.29, 0.717) is 11.5 Å². The fourth-order valence-corrected chi connectivity index (χ4v) is 2.44. The number of nitrogens with one attached hydrogen (secondary N) is 1. The van der Waals surface area contributed by atoms with Crippen molar-refractivity contribution in [2.24, 2.45) is 5.41 Å². The van der Waals surface area contributed by atoms with Gasteiger partial charge in [-0.25, -0.2) is 0 Å². The highest BCUT2D eigenvalue weighted by Gasteiger charge is 2.29. The van der Waals surface area contributed by atoms with E-state index >= 15 is 0 Å². The van der Waals surface area contributed by atoms with Crippen LogP contribution in [0.5, 0.6) is 0 Å². The van der Waals surface area contributed by atoms with Crippen LogP contribution in [0, 0.1) is 12.3 Å². The molecule has 1 nitrogen and oxygen atoms in total. The molecule has 1 atom stereocenters. The summed E-state index contributed by atoms with van der Waals surface area (Å²) >= 11 is 0. The number of aryl methyl sites for hydroxylation is 1. The van der Waals surface area contributed by atoms with Gasteiger partial charge in [-0.05, 0) is 36.4 Å². The van der Waals surface area contributed by atoms with Crippen molar-refractivity contribution >= 4 is 0 Å². The average Bonchev–Trinajstić information content (AvgIpc) is 2.15. The van der Waals surface area contributed by atoms with E-state index in [1.54, 1.807) is 0 Å². The van der Waals surface area contributed by atoms with Crippen LogP contribution in [-0.4, -0.2) is 6.54 Å². The van der Waals surface area contributed by atoms with Crippen molar-refractivity contribution in [2.75, 3.05) is 6.54 Å². The molecule has 1 heteroatoms. The smallest absolute Gasteiger partial charge is 0.0372 e. The van der Waals surface area contributed by atoms with Gasteiger partial charge < -0.3 is 5.32 Å². The van der Waals surface area contributed by atoms with E-state index in [1.807, 2.05) is 0 Å². The molecule has 1 unspecified atom stereocenters. The topological polar surface area (TPSA) is 12.0 Å². The molecule has 15 heavy (non-hydrogen) atoms. The quantitative estimate of drug-likeness (QED) is 0.682. The molecule has 1 aromatic rings. The van der Waals surface area contributed by atoms with Crippen molar-refractivity contribution in [2.45, 2.75) is 40.2 Å². The van der Waals surface area contributed by atoms with Crippen LogP contribution in [0.4, 0.5) is 0 Å². The lowest BCUT2D eigenvalue weighted by Gasteiger charge is -2.37. The standard InChI is InChI=1S/C14H21N/c1-10-5-6-11-7-8-15-13(12(11)9-10)14(2,3)4/h5-6,9,13,15H,7-8H2,1-4H3. The van der Waals surface area contributed by atoms with Gasteiger partial charge in [0.1, 0.15) is 0 Å². The molecular formula is C14H21N. The second-order valence-electron chi connectivity index (χ2n) is 5.71. The third kappa shape index (κ3) is 2.07. The molecule has 0 spiro atoms. The molecule has 0 amide bonds. The van der Waals surface area contributed by atoms with E-state index in [-0.39, 0.29) is 0 Å². The van der Waals surface area contributed by atoms with Crippen molar-refractivity contribution in [1.29, 1.82) is 0 Å². The second kappa shape index (κ2) is 3.64. The second-order valence-corrected chi connectivity index (χ2v) is 5.71. The SMILES string of the molecule is Cc1ccc2c(c1)C(C(C)(C)C)NCC2. The van der Waals surface area contributed by atoms with Crippen molar-refractivity contribution in [3.63, 3.8) is 0 Å². The molecule has 2 rings (SSSR count). The van der Waals surface area contributed by atoms with Crippen molar-refractivity contribution in [3.05, 3.63) is 34.9 Å². The molecule has 1 aliphatic rings. The Morgan fingerprint density at radius 2 is 2.00 bits per heavy atom. The predicted octanol–water partition coefficient (Wildman–Crippen LogP) is 3.23. The summed E-state index contributed by atoms with van der Waals surface area (Å²) in [5, 5.41) is 3.64. The predicted molar refractivity (Wildman–Crippen MR) is 65.1 cm³/mol. The van der Waals surface area contributed by atoms with Crippen LogP contribution in [-0.2, 0) is 6.42 Å². The van der Waals surface area contributed by atoms with E-state index in [4.69, 9.17) is 0 Å². The number of hydrogen-bond donors (Lipinski definition) is 1. The van der Waals surface area contributed by atoms with Crippen molar-refractivity contribution < 1.29 is 0 Å². The number of fused-ring (bicyclic) bond motifs is 1. The molecule has 1 heterocycles. The normalized spacial score (nSPS) is 21.2. The molecule has 1 aromatic carbocycles. The van der Waals surface area contributed by atoms with Crippen LogP contribution in [0.3, 0.4) is 0 Å². The zero-order valence-corrected chi connectivity index (χ0v) is 10.2. The van der Waals surface area contributed by atoms with Crippen LogP contribution in [0.1, 0.15) is 43.5 Å². The first-order valence-electron chi connectivity index (χ1n) is 5.81. The number of benzene rings is 1. The monoisotopic (exact) mass is 203 g/mol. The molecular weight excluding hydrogens is 182 g/mol. The summed E-state index contributed by atoms with van der Waals surface area (Å²) in [4.78, 5) is 0. The first-order valence-corrected chi connectivity index (χ1v) is 5.81. The summed E-state index contributed by atoms with van der Waals surface area (Å²) in [6.07, 6.45) is 1.17. The summed E-state index contributed by atoms with van der Waals surface area (Å²) < 4.78 is 0. The Kier molecular flexibility index (Phi) is 2.59. The lowest BCUT2D eigenvalue weighted by molar-refractivity contribution is 0.263. The molecule has 0 radical (unpaired) electrons. The first kappa shape index (κ1) is 10.7. The van der Waals surface area contributed by atoms with Gasteiger partial charge in [0, 0.05) is 6.04 Å². The average molecular weight is 203 g/mol. The third-order valence-corrected chi connectivity index (χ3v) is 3.22. The Labute approximate surface area is 92.9 Å². The van der Waals surface area contributed by atoms with E-state index in [9.17, 15) is 0 Å². The molecule has 1 N–H and O–H groups in total. The zero-order chi connectivity index (χ0) is 11.1. The lowest BCUT2D eigenvalue weighted by atomic mass is 9.78. The minimum absolute atomic E-state index is 0.295. The van der Waals surface area contributed by atoms with Gasteiger partial charge in [-0.1, -0.05) is 44.5 Å². The van der Waals surface area contributed by atoms with Gasteiger partial charge in [0.2, 0.25) is 0 Å². The maximum absolute atomic E-state index is 3.64. The molecule has 0 fully saturated rings. The van der Waals surface area contributed by atoms with E-state index < -0.39 is 0 Å². The highest BCUT2D eigenvalue weighted by Crippen LogP contribution is 2.36. The molecule has 0 aliphatic carbocycles. The summed E-state index contributed by atoms with van der Waals surface area (Å²) in [5.41, 5.74) is 4.70. The third-order valence-electron chi connectivity index (χ3n) is 3.22. The molecule has 0 bridgehead atoms. The van der Waals surface area contributed by atoms with Gasteiger partial charge >= 0.3 is 0 Å². The summed E-state index contributed by atoms with van der Waals surface area (Å²) in [6, 6.07) is 7.37. The van der Waals surface area contributed by atoms with Crippen LogP contribution in [0.15, 0.2) is 18.2 Å². The van der Waals surface area contributed by atoms with Crippen LogP contribution < -0.4 is 5.32 Å². The summed E-state index contributed by atoms with van der Waals surface area (Å²) in [7, 11) is 0. The molecule has 82 valence electrons. The number of hydrogen-bond acceptors (Lipinski definition) is 1. The zero-order valence-electron chi connectivity index (χ0n) is 10.2. The molecule has 0 aromatic heterocycles. The Hall–Kier alpha value is -0.820. The highest BCUT2D eigenvalue weighted by atomic mass is 14.9. The molecule has 0 saturated carbocycles. The molecule has 0 saturated heterocycles. The Balaban J connectivity index is 2.45. The highest BCUT2D eigenvalue weighted by molar-refractivity contribution is 5.36. The minimum Gasteiger partial charge on any atom is -0.309 e. The van der Waals surface area contributed by atoms with Crippen molar-refractivity contribution in [1.82, 2.24) is 5.32 Å². The largest absolute Gasteiger partial charge is 0.309 e. The van der Waals surface area contributed by atoms with Gasteiger partial charge in [-0.2, -0.15) is 0 Å². The van der Waals surface area contributed by atoms with Gasteiger partial charge in [0.25, 0.3) is 0 Å². The Morgan fingerprint density at radius 1 is 1.27 bits per heavy atom. The van der Waals surface area contributed by atoms with Crippen LogP contribution in [0.2, 0.25) is 0 Å². The van der Waals surface area contributed by atoms with E-state index in [2.05, 4.69) is 51.2 Å². The van der Waals surface area contributed by atoms with E-state index in [1.165, 1.54) is 23.1 Å². The minimum atomic E-state index is 0.295. The lowest BCUT2D eigenvalue weighted by Crippen LogP contribution is -2.37. The maximum atomic E-state index is 3.64. The van der Waals surface area contributed by atoms with E-state index in [0.717, 1.165) is 6.54 Å². The fraction of sp³-hybridized carbons (Fsp3) is 0.571. The van der Waals surface area contributed by atoms with Crippen molar-refractivity contribution in [3.8, 4) is 0 Å². The van der Waals surface area contributed by atoms with Crippen LogP contribution >= 0.6 is 0 Å². The Bertz CT molecular complexity index is 360. The van der Waals surface area contributed by atoms with Crippen LogP contribution in [0.25, 0.3) is 0 Å². The number of rotatable bonds is 0. The summed E-state index contributed by atoms with van der Waals surface area (Å²) in [5.74, 6) is 0. The fourth-order valence-electron chi connectivity index (χ4n) is 2.44. The Morgan fingerprint density at radius 3 is 2.67 bits per heavy atom. The summed E-state index contributed by atoms with van der Waals surface area (Å²) in [6.45, 7) is 10.2. The molecule has 1 aliphatic heterocycles. The van der Waals surface area contributed by atoms with Gasteiger partial charge in [0.05, 0.1) is 0 Å².